The molecule has 1 N–H and O–H groups in total. The highest BCUT2D eigenvalue weighted by molar-refractivity contribution is 6.08. The Kier molecular flexibility index (Phi) is 5.11. The van der Waals surface area contributed by atoms with Crippen LogP contribution in [0.15, 0.2) is 24.3 Å². The van der Waals surface area contributed by atoms with Crippen LogP contribution >= 0.6 is 0 Å². The van der Waals surface area contributed by atoms with Gasteiger partial charge in [-0.1, -0.05) is 19.8 Å². The Hall–Kier alpha value is -2.97. The van der Waals surface area contributed by atoms with Crippen molar-refractivity contribution in [3.8, 4) is 0 Å². The lowest BCUT2D eigenvalue weighted by Gasteiger charge is -2.36. The zero-order chi connectivity index (χ0) is 19.6. The van der Waals surface area contributed by atoms with Crippen LogP contribution in [-0.4, -0.2) is 39.8 Å². The van der Waals surface area contributed by atoms with Crippen molar-refractivity contribution in [3.05, 3.63) is 39.9 Å². The summed E-state index contributed by atoms with van der Waals surface area (Å²) >= 11 is 0. The summed E-state index contributed by atoms with van der Waals surface area (Å²) in [5, 5.41) is 13.4. The van der Waals surface area contributed by atoms with Gasteiger partial charge >= 0.3 is 12.0 Å². The molecule has 1 saturated carbocycles. The highest BCUT2D eigenvalue weighted by Gasteiger charge is 2.55. The number of carbonyl (C=O) groups excluding carboxylic acids is 3. The van der Waals surface area contributed by atoms with Gasteiger partial charge < -0.3 is 10.1 Å². The Morgan fingerprint density at radius 2 is 2.04 bits per heavy atom. The number of ether oxygens (including phenoxy) is 1. The topological polar surface area (TPSA) is 119 Å². The number of imide groups is 1. The second-order valence-electron chi connectivity index (χ2n) is 7.02. The quantitative estimate of drug-likeness (QED) is 0.364. The van der Waals surface area contributed by atoms with Crippen molar-refractivity contribution in [2.45, 2.75) is 44.8 Å². The Labute approximate surface area is 155 Å². The first kappa shape index (κ1) is 18.8. The molecule has 0 radical (unpaired) electrons. The first-order chi connectivity index (χ1) is 12.8. The van der Waals surface area contributed by atoms with E-state index >= 15 is 0 Å². The zero-order valence-corrected chi connectivity index (χ0v) is 15.0. The summed E-state index contributed by atoms with van der Waals surface area (Å²) in [5.74, 6) is -1.06. The number of urea groups is 1. The van der Waals surface area contributed by atoms with E-state index < -0.39 is 29.0 Å². The average Bonchev–Trinajstić information content (AvgIpc) is 2.88. The normalized spacial score (nSPS) is 24.8. The molecule has 1 heterocycles. The van der Waals surface area contributed by atoms with Crippen LogP contribution in [0.2, 0.25) is 0 Å². The minimum absolute atomic E-state index is 0.0174. The Balaban J connectivity index is 1.58. The molecule has 3 rings (SSSR count). The van der Waals surface area contributed by atoms with Gasteiger partial charge in [-0.15, -0.1) is 0 Å². The summed E-state index contributed by atoms with van der Waals surface area (Å²) in [6.45, 7) is 1.39. The molecule has 9 heteroatoms. The van der Waals surface area contributed by atoms with E-state index in [4.69, 9.17) is 4.74 Å². The highest BCUT2D eigenvalue weighted by atomic mass is 16.6. The molecule has 1 aliphatic heterocycles. The number of amides is 3. The van der Waals surface area contributed by atoms with Crippen molar-refractivity contribution >= 4 is 23.6 Å². The zero-order valence-electron chi connectivity index (χ0n) is 15.0. The van der Waals surface area contributed by atoms with Crippen LogP contribution in [0.3, 0.4) is 0 Å². The van der Waals surface area contributed by atoms with Crippen molar-refractivity contribution < 1.29 is 24.0 Å². The minimum atomic E-state index is -0.909. The highest BCUT2D eigenvalue weighted by Crippen LogP contribution is 2.38. The van der Waals surface area contributed by atoms with E-state index in [1.807, 2.05) is 6.92 Å². The summed E-state index contributed by atoms with van der Waals surface area (Å²) in [4.78, 5) is 48.1. The van der Waals surface area contributed by atoms with Crippen LogP contribution in [-0.2, 0) is 20.9 Å². The Bertz CT molecular complexity index is 778. The van der Waals surface area contributed by atoms with Gasteiger partial charge in [-0.05, 0) is 36.5 Å². The van der Waals surface area contributed by atoms with Crippen LogP contribution in [0.1, 0.15) is 38.2 Å². The van der Waals surface area contributed by atoms with Gasteiger partial charge in [-0.25, -0.2) is 4.79 Å². The number of nitrogens with zero attached hydrogens (tertiary/aromatic N) is 2. The molecule has 1 spiro atoms. The number of nitrogens with one attached hydrogen (secondary N) is 1. The standard InChI is InChI=1S/C18H21N3O6/c1-12-4-2-3-9-18(12)16(23)20(17(24)19-18)10-15(22)27-11-13-5-7-14(8-6-13)21(25)26/h5-8,12H,2-4,9-11H2,1H3,(H,19,24)/t12-,18-/m1/s1. The largest absolute Gasteiger partial charge is 0.459 e. The number of hydrogen-bond donors (Lipinski definition) is 1. The molecular formula is C18H21N3O6. The first-order valence-electron chi connectivity index (χ1n) is 8.86. The summed E-state index contributed by atoms with van der Waals surface area (Å²) in [7, 11) is 0. The second-order valence-corrected chi connectivity index (χ2v) is 7.02. The predicted octanol–water partition coefficient (Wildman–Crippen LogP) is 2.14. The Morgan fingerprint density at radius 1 is 1.33 bits per heavy atom. The number of nitro groups is 1. The molecule has 144 valence electrons. The molecule has 0 bridgehead atoms. The fourth-order valence-corrected chi connectivity index (χ4v) is 3.69. The van der Waals surface area contributed by atoms with Gasteiger partial charge in [0.25, 0.3) is 11.6 Å². The fraction of sp³-hybridized carbons (Fsp3) is 0.500. The molecule has 1 aromatic carbocycles. The third-order valence-electron chi connectivity index (χ3n) is 5.34. The van der Waals surface area contributed by atoms with Crippen molar-refractivity contribution in [1.82, 2.24) is 10.2 Å². The third kappa shape index (κ3) is 3.62. The minimum Gasteiger partial charge on any atom is -0.459 e. The van der Waals surface area contributed by atoms with Crippen LogP contribution in [0.5, 0.6) is 0 Å². The number of nitro benzene ring substituents is 1. The van der Waals surface area contributed by atoms with E-state index in [2.05, 4.69) is 5.32 Å². The van der Waals surface area contributed by atoms with Gasteiger partial charge in [0.05, 0.1) is 4.92 Å². The van der Waals surface area contributed by atoms with Crippen LogP contribution in [0.25, 0.3) is 0 Å². The van der Waals surface area contributed by atoms with E-state index in [0.717, 1.165) is 24.2 Å². The van der Waals surface area contributed by atoms with E-state index in [1.54, 1.807) is 0 Å². The average molecular weight is 375 g/mol. The second kappa shape index (κ2) is 7.34. The first-order valence-corrected chi connectivity index (χ1v) is 8.86. The van der Waals surface area contributed by atoms with Gasteiger partial charge in [0.2, 0.25) is 0 Å². The van der Waals surface area contributed by atoms with Crippen molar-refractivity contribution in [1.29, 1.82) is 0 Å². The third-order valence-corrected chi connectivity index (χ3v) is 5.34. The lowest BCUT2D eigenvalue weighted by atomic mass is 9.73. The number of esters is 1. The molecule has 1 saturated heterocycles. The molecule has 0 unspecified atom stereocenters. The van der Waals surface area contributed by atoms with Gasteiger partial charge in [-0.3, -0.25) is 24.6 Å². The number of non-ortho nitro benzene ring substituents is 1. The van der Waals surface area contributed by atoms with Crippen molar-refractivity contribution in [2.24, 2.45) is 5.92 Å². The van der Waals surface area contributed by atoms with E-state index in [1.165, 1.54) is 24.3 Å². The molecule has 27 heavy (non-hydrogen) atoms. The van der Waals surface area contributed by atoms with Gasteiger partial charge in [0.1, 0.15) is 18.7 Å². The number of carbonyl (C=O) groups is 3. The van der Waals surface area contributed by atoms with E-state index in [9.17, 15) is 24.5 Å². The molecule has 1 aliphatic carbocycles. The molecule has 0 aromatic heterocycles. The molecule has 2 fully saturated rings. The Morgan fingerprint density at radius 3 is 2.67 bits per heavy atom. The predicted molar refractivity (Wildman–Crippen MR) is 93.5 cm³/mol. The van der Waals surface area contributed by atoms with Crippen LogP contribution < -0.4 is 5.32 Å². The number of hydrogen-bond acceptors (Lipinski definition) is 6. The van der Waals surface area contributed by atoms with Crippen molar-refractivity contribution in [2.75, 3.05) is 6.54 Å². The number of benzene rings is 1. The maximum absolute atomic E-state index is 12.8. The summed E-state index contributed by atoms with van der Waals surface area (Å²) < 4.78 is 5.11. The monoisotopic (exact) mass is 375 g/mol. The maximum atomic E-state index is 12.8. The smallest absolute Gasteiger partial charge is 0.326 e. The molecule has 1 aromatic rings. The summed E-state index contributed by atoms with van der Waals surface area (Å²) in [6.07, 6.45) is 3.30. The van der Waals surface area contributed by atoms with Crippen LogP contribution in [0, 0.1) is 16.0 Å². The lowest BCUT2D eigenvalue weighted by molar-refractivity contribution is -0.384. The van der Waals surface area contributed by atoms with Gasteiger partial charge in [-0.2, -0.15) is 0 Å². The number of rotatable bonds is 5. The molecule has 3 amide bonds. The molecule has 9 nitrogen and oxygen atoms in total. The van der Waals surface area contributed by atoms with E-state index in [-0.39, 0.29) is 24.1 Å². The summed E-state index contributed by atoms with van der Waals surface area (Å²) in [5.41, 5.74) is -0.395. The SMILES string of the molecule is C[C@@H]1CCCC[C@@]12NC(=O)N(CC(=O)OCc1ccc([N+](=O)[O-])cc1)C2=O. The lowest BCUT2D eigenvalue weighted by Crippen LogP contribution is -2.54. The molecule has 2 atom stereocenters. The fourth-order valence-electron chi connectivity index (χ4n) is 3.69. The summed E-state index contributed by atoms with van der Waals surface area (Å²) in [6, 6.07) is 5.03. The van der Waals surface area contributed by atoms with E-state index in [0.29, 0.717) is 12.0 Å². The van der Waals surface area contributed by atoms with Crippen LogP contribution in [0.4, 0.5) is 10.5 Å². The molecular weight excluding hydrogens is 354 g/mol. The van der Waals surface area contributed by atoms with Gasteiger partial charge in [0, 0.05) is 12.1 Å². The van der Waals surface area contributed by atoms with Gasteiger partial charge in [0.15, 0.2) is 0 Å². The molecule has 2 aliphatic rings. The van der Waals surface area contributed by atoms with Crippen molar-refractivity contribution in [3.63, 3.8) is 0 Å². The maximum Gasteiger partial charge on any atom is 0.326 e.